The Morgan fingerprint density at radius 3 is 2.39 bits per heavy atom. The van der Waals surface area contributed by atoms with Gasteiger partial charge in [-0.1, -0.05) is 30.3 Å². The molecule has 5 nitrogen and oxygen atoms in total. The third-order valence-corrected chi connectivity index (χ3v) is 2.23. The number of benzene rings is 2. The largest absolute Gasteiger partial charge is 0.455 e. The van der Waals surface area contributed by atoms with Crippen molar-refractivity contribution in [3.8, 4) is 11.5 Å². The number of para-hydroxylation sites is 3. The molecular weight excluding hydrogens is 228 g/mol. The SMILES string of the molecule is NNC(N)=Nc1ccccc1Oc1ccccc1. The van der Waals surface area contributed by atoms with E-state index in [1.807, 2.05) is 48.5 Å². The Morgan fingerprint density at radius 1 is 1.00 bits per heavy atom. The highest BCUT2D eigenvalue weighted by atomic mass is 16.5. The van der Waals surface area contributed by atoms with Crippen LogP contribution in [0.3, 0.4) is 0 Å². The van der Waals surface area contributed by atoms with E-state index < -0.39 is 0 Å². The standard InChI is InChI=1S/C13H14N4O/c14-13(17-15)16-11-8-4-5-9-12(11)18-10-6-2-1-3-7-10/h1-9H,15H2,(H3,14,16,17). The number of nitrogens with zero attached hydrogens (tertiary/aromatic N) is 1. The molecule has 0 unspecified atom stereocenters. The number of hydrogen-bond donors (Lipinski definition) is 3. The molecule has 0 radical (unpaired) electrons. The number of nitrogens with one attached hydrogen (secondary N) is 1. The van der Waals surface area contributed by atoms with Crippen molar-refractivity contribution in [1.29, 1.82) is 0 Å². The number of hydrazine groups is 1. The smallest absolute Gasteiger partial charge is 0.208 e. The molecule has 0 bridgehead atoms. The van der Waals surface area contributed by atoms with Gasteiger partial charge in [-0.2, -0.15) is 0 Å². The molecule has 2 aromatic carbocycles. The minimum Gasteiger partial charge on any atom is -0.455 e. The highest BCUT2D eigenvalue weighted by Gasteiger charge is 2.03. The maximum Gasteiger partial charge on any atom is 0.208 e. The van der Waals surface area contributed by atoms with Crippen molar-refractivity contribution in [3.63, 3.8) is 0 Å². The summed E-state index contributed by atoms with van der Waals surface area (Å²) in [7, 11) is 0. The molecule has 0 amide bonds. The van der Waals surface area contributed by atoms with E-state index in [2.05, 4.69) is 10.4 Å². The van der Waals surface area contributed by atoms with E-state index in [-0.39, 0.29) is 5.96 Å². The third-order valence-electron chi connectivity index (χ3n) is 2.23. The Hall–Kier alpha value is -2.53. The Bertz CT molecular complexity index is 540. The lowest BCUT2D eigenvalue weighted by Gasteiger charge is -2.08. The molecule has 0 atom stereocenters. The van der Waals surface area contributed by atoms with Crippen molar-refractivity contribution < 1.29 is 4.74 Å². The van der Waals surface area contributed by atoms with Crippen molar-refractivity contribution in [1.82, 2.24) is 5.43 Å². The normalized spacial score (nSPS) is 11.1. The van der Waals surface area contributed by atoms with Crippen LogP contribution in [-0.2, 0) is 0 Å². The quantitative estimate of drug-likeness (QED) is 0.332. The van der Waals surface area contributed by atoms with E-state index >= 15 is 0 Å². The monoisotopic (exact) mass is 242 g/mol. The predicted molar refractivity (Wildman–Crippen MR) is 71.6 cm³/mol. The van der Waals surface area contributed by atoms with Gasteiger partial charge in [0.25, 0.3) is 0 Å². The summed E-state index contributed by atoms with van der Waals surface area (Å²) in [5.41, 5.74) is 8.41. The fourth-order valence-corrected chi connectivity index (χ4v) is 1.41. The van der Waals surface area contributed by atoms with Gasteiger partial charge in [-0.15, -0.1) is 0 Å². The van der Waals surface area contributed by atoms with E-state index in [1.54, 1.807) is 6.07 Å². The summed E-state index contributed by atoms with van der Waals surface area (Å²) < 4.78 is 5.72. The second-order valence-corrected chi connectivity index (χ2v) is 3.52. The van der Waals surface area contributed by atoms with Crippen molar-refractivity contribution >= 4 is 11.6 Å². The molecular formula is C13H14N4O. The van der Waals surface area contributed by atoms with Gasteiger partial charge in [-0.25, -0.2) is 10.8 Å². The number of hydrogen-bond acceptors (Lipinski definition) is 3. The molecule has 0 aliphatic heterocycles. The molecule has 18 heavy (non-hydrogen) atoms. The summed E-state index contributed by atoms with van der Waals surface area (Å²) in [6.07, 6.45) is 0. The number of ether oxygens (including phenoxy) is 1. The molecule has 0 fully saturated rings. The first-order chi connectivity index (χ1) is 8.79. The maximum atomic E-state index is 5.72. The zero-order valence-corrected chi connectivity index (χ0v) is 9.71. The molecule has 2 rings (SSSR count). The van der Waals surface area contributed by atoms with Gasteiger partial charge in [0.2, 0.25) is 5.96 Å². The third kappa shape index (κ3) is 2.99. The lowest BCUT2D eigenvalue weighted by atomic mass is 10.3. The van der Waals surface area contributed by atoms with E-state index in [9.17, 15) is 0 Å². The summed E-state index contributed by atoms with van der Waals surface area (Å²) in [5.74, 6) is 6.65. The van der Waals surface area contributed by atoms with Crippen LogP contribution in [0, 0.1) is 0 Å². The van der Waals surface area contributed by atoms with E-state index in [4.69, 9.17) is 16.3 Å². The van der Waals surface area contributed by atoms with Crippen LogP contribution in [-0.4, -0.2) is 5.96 Å². The number of nitrogens with two attached hydrogens (primary N) is 2. The summed E-state index contributed by atoms with van der Waals surface area (Å²) in [6.45, 7) is 0. The minimum atomic E-state index is 0.124. The van der Waals surface area contributed by atoms with Crippen molar-refractivity contribution in [2.45, 2.75) is 0 Å². The van der Waals surface area contributed by atoms with Gasteiger partial charge >= 0.3 is 0 Å². The first kappa shape index (κ1) is 11.9. The van der Waals surface area contributed by atoms with Crippen LogP contribution in [0.5, 0.6) is 11.5 Å². The van der Waals surface area contributed by atoms with Crippen molar-refractivity contribution in [2.24, 2.45) is 16.6 Å². The average Bonchev–Trinajstić information content (AvgIpc) is 2.42. The molecule has 0 aromatic heterocycles. The van der Waals surface area contributed by atoms with Crippen LogP contribution >= 0.6 is 0 Å². The highest BCUT2D eigenvalue weighted by molar-refractivity contribution is 5.81. The fourth-order valence-electron chi connectivity index (χ4n) is 1.41. The highest BCUT2D eigenvalue weighted by Crippen LogP contribution is 2.31. The Kier molecular flexibility index (Phi) is 3.78. The number of aliphatic imine (C=N–C) groups is 1. The maximum absolute atomic E-state index is 5.72. The van der Waals surface area contributed by atoms with Gasteiger partial charge in [-0.3, -0.25) is 5.43 Å². The molecule has 92 valence electrons. The second kappa shape index (κ2) is 5.70. The topological polar surface area (TPSA) is 85.7 Å². The molecule has 0 aliphatic rings. The minimum absolute atomic E-state index is 0.124. The fraction of sp³-hybridized carbons (Fsp3) is 0. The van der Waals surface area contributed by atoms with Crippen molar-refractivity contribution in [2.75, 3.05) is 0 Å². The summed E-state index contributed by atoms with van der Waals surface area (Å²) in [6, 6.07) is 16.8. The Labute approximate surface area is 105 Å². The van der Waals surface area contributed by atoms with Gasteiger partial charge in [0.05, 0.1) is 0 Å². The number of guanidine groups is 1. The van der Waals surface area contributed by atoms with E-state index in [1.165, 1.54) is 0 Å². The molecule has 0 saturated heterocycles. The molecule has 0 aliphatic carbocycles. The summed E-state index contributed by atoms with van der Waals surface area (Å²) >= 11 is 0. The van der Waals surface area contributed by atoms with Crippen LogP contribution in [0.2, 0.25) is 0 Å². The van der Waals surface area contributed by atoms with Gasteiger partial charge in [0.15, 0.2) is 5.75 Å². The lowest BCUT2D eigenvalue weighted by molar-refractivity contribution is 0.484. The molecule has 5 N–H and O–H groups in total. The molecule has 5 heteroatoms. The van der Waals surface area contributed by atoms with Gasteiger partial charge in [0.1, 0.15) is 11.4 Å². The molecule has 0 spiro atoms. The van der Waals surface area contributed by atoms with Crippen LogP contribution in [0.4, 0.5) is 5.69 Å². The lowest BCUT2D eigenvalue weighted by Crippen LogP contribution is -2.36. The van der Waals surface area contributed by atoms with E-state index in [0.29, 0.717) is 11.4 Å². The summed E-state index contributed by atoms with van der Waals surface area (Å²) in [5, 5.41) is 0. The van der Waals surface area contributed by atoms with Crippen LogP contribution in [0.1, 0.15) is 0 Å². The van der Waals surface area contributed by atoms with Crippen LogP contribution in [0.25, 0.3) is 0 Å². The Morgan fingerprint density at radius 2 is 1.67 bits per heavy atom. The molecule has 0 heterocycles. The first-order valence-corrected chi connectivity index (χ1v) is 5.42. The first-order valence-electron chi connectivity index (χ1n) is 5.42. The molecule has 0 saturated carbocycles. The van der Waals surface area contributed by atoms with Gasteiger partial charge in [0, 0.05) is 0 Å². The van der Waals surface area contributed by atoms with Crippen molar-refractivity contribution in [3.05, 3.63) is 54.6 Å². The number of rotatable bonds is 3. The van der Waals surface area contributed by atoms with Crippen LogP contribution < -0.4 is 21.7 Å². The van der Waals surface area contributed by atoms with Crippen LogP contribution in [0.15, 0.2) is 59.6 Å². The predicted octanol–water partition coefficient (Wildman–Crippen LogP) is 1.89. The van der Waals surface area contributed by atoms with Gasteiger partial charge < -0.3 is 10.5 Å². The molecule has 2 aromatic rings. The Balaban J connectivity index is 2.28. The van der Waals surface area contributed by atoms with Gasteiger partial charge in [-0.05, 0) is 24.3 Å². The zero-order valence-electron chi connectivity index (χ0n) is 9.71. The average molecular weight is 242 g/mol. The second-order valence-electron chi connectivity index (χ2n) is 3.52. The summed E-state index contributed by atoms with van der Waals surface area (Å²) in [4.78, 5) is 4.11. The van der Waals surface area contributed by atoms with E-state index in [0.717, 1.165) is 5.75 Å². The zero-order chi connectivity index (χ0) is 12.8.